The predicted molar refractivity (Wildman–Crippen MR) is 132 cm³/mol. The summed E-state index contributed by atoms with van der Waals surface area (Å²) in [4.78, 5) is 31.8. The molecule has 0 bridgehead atoms. The predicted octanol–water partition coefficient (Wildman–Crippen LogP) is 4.56. The van der Waals surface area contributed by atoms with E-state index in [1.807, 2.05) is 36.7 Å². The minimum atomic E-state index is -0.246. The fourth-order valence-electron chi connectivity index (χ4n) is 4.07. The largest absolute Gasteiger partial charge is 0.371 e. The SMILES string of the molecule is O=C(Cc1ccccc1C(=O)Nc1ccc(Cl)cc1)NCC1CCN(c2ccncc2)CC1. The van der Waals surface area contributed by atoms with Crippen molar-refractivity contribution >= 4 is 34.8 Å². The highest BCUT2D eigenvalue weighted by Crippen LogP contribution is 2.22. The molecule has 7 heteroatoms. The van der Waals surface area contributed by atoms with Gasteiger partial charge in [0.05, 0.1) is 6.42 Å². The van der Waals surface area contributed by atoms with Crippen LogP contribution < -0.4 is 15.5 Å². The molecule has 1 fully saturated rings. The third kappa shape index (κ3) is 6.33. The summed E-state index contributed by atoms with van der Waals surface area (Å²) in [5.74, 6) is 0.137. The van der Waals surface area contributed by atoms with E-state index in [2.05, 4.69) is 20.5 Å². The van der Waals surface area contributed by atoms with Crippen LogP contribution in [0.4, 0.5) is 11.4 Å². The number of halogens is 1. The lowest BCUT2D eigenvalue weighted by molar-refractivity contribution is -0.120. The minimum absolute atomic E-state index is 0.0710. The lowest BCUT2D eigenvalue weighted by Gasteiger charge is -2.33. The second-order valence-electron chi connectivity index (χ2n) is 8.23. The summed E-state index contributed by atoms with van der Waals surface area (Å²) in [6.07, 6.45) is 5.86. The van der Waals surface area contributed by atoms with Crippen LogP contribution in [0.25, 0.3) is 0 Å². The average molecular weight is 463 g/mol. The second kappa shape index (κ2) is 11.0. The van der Waals surface area contributed by atoms with E-state index in [1.165, 1.54) is 5.69 Å². The van der Waals surface area contributed by atoms with Gasteiger partial charge in [0.1, 0.15) is 0 Å². The van der Waals surface area contributed by atoms with Gasteiger partial charge >= 0.3 is 0 Å². The molecule has 0 radical (unpaired) electrons. The molecule has 2 amide bonds. The number of carbonyl (C=O) groups excluding carboxylic acids is 2. The zero-order valence-electron chi connectivity index (χ0n) is 18.3. The molecule has 2 aromatic carbocycles. The molecular weight excluding hydrogens is 436 g/mol. The molecule has 4 rings (SSSR count). The summed E-state index contributed by atoms with van der Waals surface area (Å²) in [7, 11) is 0. The number of nitrogens with one attached hydrogen (secondary N) is 2. The number of pyridine rings is 1. The highest BCUT2D eigenvalue weighted by molar-refractivity contribution is 6.30. The Bertz CT molecular complexity index is 1080. The lowest BCUT2D eigenvalue weighted by Crippen LogP contribution is -2.39. The number of nitrogens with zero attached hydrogens (tertiary/aromatic N) is 2. The zero-order valence-corrected chi connectivity index (χ0v) is 19.1. The second-order valence-corrected chi connectivity index (χ2v) is 8.67. The van der Waals surface area contributed by atoms with Gasteiger partial charge in [0.25, 0.3) is 5.91 Å². The molecule has 1 aliphatic rings. The van der Waals surface area contributed by atoms with Crippen molar-refractivity contribution in [2.24, 2.45) is 5.92 Å². The van der Waals surface area contributed by atoms with Crippen LogP contribution in [0.3, 0.4) is 0 Å². The van der Waals surface area contributed by atoms with E-state index >= 15 is 0 Å². The molecule has 6 nitrogen and oxygen atoms in total. The minimum Gasteiger partial charge on any atom is -0.371 e. The van der Waals surface area contributed by atoms with Crippen molar-refractivity contribution in [3.8, 4) is 0 Å². The molecule has 0 saturated carbocycles. The Morgan fingerprint density at radius 2 is 1.67 bits per heavy atom. The normalized spacial score (nSPS) is 14.0. The molecule has 0 spiro atoms. The highest BCUT2D eigenvalue weighted by atomic mass is 35.5. The lowest BCUT2D eigenvalue weighted by atomic mass is 9.96. The quantitative estimate of drug-likeness (QED) is 0.539. The summed E-state index contributed by atoms with van der Waals surface area (Å²) < 4.78 is 0. The molecule has 0 atom stereocenters. The van der Waals surface area contributed by atoms with Crippen LogP contribution in [0.5, 0.6) is 0 Å². The fraction of sp³-hybridized carbons (Fsp3) is 0.269. The number of aromatic nitrogens is 1. The number of carbonyl (C=O) groups is 2. The topological polar surface area (TPSA) is 74.3 Å². The number of rotatable bonds is 7. The van der Waals surface area contributed by atoms with Crippen LogP contribution in [-0.2, 0) is 11.2 Å². The van der Waals surface area contributed by atoms with Crippen molar-refractivity contribution in [1.82, 2.24) is 10.3 Å². The highest BCUT2D eigenvalue weighted by Gasteiger charge is 2.20. The standard InChI is InChI=1S/C26H27ClN4O2/c27-21-5-7-22(8-6-21)30-26(33)24-4-2-1-3-20(24)17-25(32)29-18-19-11-15-31(16-12-19)23-9-13-28-14-10-23/h1-10,13-14,19H,11-12,15-18H2,(H,29,32)(H,30,33). The van der Waals surface area contributed by atoms with Gasteiger partial charge in [0.2, 0.25) is 5.91 Å². The van der Waals surface area contributed by atoms with Crippen LogP contribution in [0.15, 0.2) is 73.1 Å². The number of hydrogen-bond donors (Lipinski definition) is 2. The monoisotopic (exact) mass is 462 g/mol. The van der Waals surface area contributed by atoms with Gasteiger partial charge in [0.15, 0.2) is 0 Å². The molecule has 1 aromatic heterocycles. The summed E-state index contributed by atoms with van der Waals surface area (Å²) in [6.45, 7) is 2.60. The first kappa shape index (κ1) is 22.8. The van der Waals surface area contributed by atoms with Gasteiger partial charge in [-0.3, -0.25) is 14.6 Å². The van der Waals surface area contributed by atoms with E-state index in [4.69, 9.17) is 11.6 Å². The first-order valence-electron chi connectivity index (χ1n) is 11.1. The number of amides is 2. The summed E-state index contributed by atoms with van der Waals surface area (Å²) >= 11 is 5.91. The Morgan fingerprint density at radius 1 is 0.970 bits per heavy atom. The van der Waals surface area contributed by atoms with Crippen molar-refractivity contribution in [3.63, 3.8) is 0 Å². The maximum absolute atomic E-state index is 12.8. The van der Waals surface area contributed by atoms with E-state index in [9.17, 15) is 9.59 Å². The summed E-state index contributed by atoms with van der Waals surface area (Å²) in [5.41, 5.74) is 3.05. The Kier molecular flexibility index (Phi) is 7.58. The van der Waals surface area contributed by atoms with Crippen LogP contribution in [0.1, 0.15) is 28.8 Å². The summed E-state index contributed by atoms with van der Waals surface area (Å²) in [6, 6.07) is 18.2. The summed E-state index contributed by atoms with van der Waals surface area (Å²) in [5, 5.41) is 6.53. The zero-order chi connectivity index (χ0) is 23.0. The fourth-order valence-corrected chi connectivity index (χ4v) is 4.20. The van der Waals surface area contributed by atoms with Crippen LogP contribution >= 0.6 is 11.6 Å². The van der Waals surface area contributed by atoms with Gasteiger partial charge < -0.3 is 15.5 Å². The van der Waals surface area contributed by atoms with Gasteiger partial charge in [0, 0.05) is 54.0 Å². The Balaban J connectivity index is 1.28. The first-order chi connectivity index (χ1) is 16.1. The maximum atomic E-state index is 12.8. The smallest absolute Gasteiger partial charge is 0.255 e. The molecule has 1 saturated heterocycles. The van der Waals surface area contributed by atoms with E-state index < -0.39 is 0 Å². The van der Waals surface area contributed by atoms with Crippen LogP contribution in [0.2, 0.25) is 5.02 Å². The van der Waals surface area contributed by atoms with Crippen molar-refractivity contribution in [1.29, 1.82) is 0 Å². The molecule has 0 unspecified atom stereocenters. The van der Waals surface area contributed by atoms with Crippen LogP contribution in [-0.4, -0.2) is 36.4 Å². The van der Waals surface area contributed by atoms with Crippen molar-refractivity contribution in [2.75, 3.05) is 29.9 Å². The van der Waals surface area contributed by atoms with Crippen molar-refractivity contribution in [2.45, 2.75) is 19.3 Å². The van der Waals surface area contributed by atoms with E-state index in [0.717, 1.165) is 25.9 Å². The molecule has 3 aromatic rings. The Labute approximate surface area is 199 Å². The molecule has 1 aliphatic heterocycles. The maximum Gasteiger partial charge on any atom is 0.255 e. The van der Waals surface area contributed by atoms with E-state index in [-0.39, 0.29) is 18.2 Å². The number of hydrogen-bond acceptors (Lipinski definition) is 4. The molecule has 33 heavy (non-hydrogen) atoms. The molecule has 0 aliphatic carbocycles. The Hall–Kier alpha value is -3.38. The van der Waals surface area contributed by atoms with Crippen molar-refractivity contribution < 1.29 is 9.59 Å². The van der Waals surface area contributed by atoms with Crippen LogP contribution in [0, 0.1) is 5.92 Å². The number of anilines is 2. The van der Waals surface area contributed by atoms with E-state index in [0.29, 0.717) is 34.3 Å². The molecule has 2 N–H and O–H groups in total. The van der Waals surface area contributed by atoms with Crippen molar-refractivity contribution in [3.05, 3.63) is 89.2 Å². The van der Waals surface area contributed by atoms with E-state index in [1.54, 1.807) is 36.4 Å². The molecular formula is C26H27ClN4O2. The first-order valence-corrected chi connectivity index (χ1v) is 11.5. The average Bonchev–Trinajstić information content (AvgIpc) is 2.85. The van der Waals surface area contributed by atoms with Gasteiger partial charge in [-0.2, -0.15) is 0 Å². The molecule has 170 valence electrons. The molecule has 2 heterocycles. The number of benzene rings is 2. The Morgan fingerprint density at radius 3 is 2.39 bits per heavy atom. The van der Waals surface area contributed by atoms with Gasteiger partial charge in [-0.1, -0.05) is 29.8 Å². The van der Waals surface area contributed by atoms with Gasteiger partial charge in [-0.05, 0) is 66.8 Å². The third-order valence-corrected chi connectivity index (χ3v) is 6.20. The number of piperidine rings is 1. The third-order valence-electron chi connectivity index (χ3n) is 5.95. The van der Waals surface area contributed by atoms with Gasteiger partial charge in [-0.15, -0.1) is 0 Å². The van der Waals surface area contributed by atoms with Gasteiger partial charge in [-0.25, -0.2) is 0 Å².